The zero-order chi connectivity index (χ0) is 5.98. The molecule has 2 atom stereocenters. The third-order valence-electron chi connectivity index (χ3n) is 2.54. The highest BCUT2D eigenvalue weighted by molar-refractivity contribution is 4.67. The van der Waals surface area contributed by atoms with Crippen molar-refractivity contribution in [2.24, 2.45) is 11.8 Å². The van der Waals surface area contributed by atoms with Crippen LogP contribution in [0.4, 0.5) is 0 Å². The Morgan fingerprint density at radius 1 is 1.00 bits per heavy atom. The van der Waals surface area contributed by atoms with Gasteiger partial charge in [-0.3, -0.25) is 0 Å². The molecule has 0 aromatic carbocycles. The Balaban J connectivity index is 0.000000640. The second-order valence-corrected chi connectivity index (χ2v) is 3.24. The van der Waals surface area contributed by atoms with Gasteiger partial charge in [-0.05, 0) is 11.8 Å². The summed E-state index contributed by atoms with van der Waals surface area (Å²) in [5, 5.41) is 0. The normalized spacial score (nSPS) is 39.8. The fourth-order valence-corrected chi connectivity index (χ4v) is 1.50. The van der Waals surface area contributed by atoms with Crippen molar-refractivity contribution in [1.82, 2.24) is 0 Å². The lowest BCUT2D eigenvalue weighted by Gasteiger charge is -2.24. The molecule has 1 saturated carbocycles. The molecule has 0 aliphatic heterocycles. The van der Waals surface area contributed by atoms with Crippen molar-refractivity contribution in [2.45, 2.75) is 39.5 Å². The van der Waals surface area contributed by atoms with Crippen LogP contribution in [-0.4, -0.2) is 0 Å². The smallest absolute Gasteiger partial charge is 0 e. The summed E-state index contributed by atoms with van der Waals surface area (Å²) in [6, 6.07) is 0. The van der Waals surface area contributed by atoms with Crippen LogP contribution in [0.25, 0.3) is 0 Å². The van der Waals surface area contributed by atoms with Gasteiger partial charge in [0.1, 0.15) is 0 Å². The monoisotopic (exact) mass is 114 g/mol. The van der Waals surface area contributed by atoms with Gasteiger partial charge >= 0.3 is 0 Å². The molecule has 0 N–H and O–H groups in total. The number of hydrogen-bond donors (Lipinski definition) is 0. The molecule has 0 saturated heterocycles. The Morgan fingerprint density at radius 2 is 1.38 bits per heavy atom. The van der Waals surface area contributed by atoms with Crippen LogP contribution in [0.5, 0.6) is 0 Å². The highest BCUT2D eigenvalue weighted by Crippen LogP contribution is 2.28. The van der Waals surface area contributed by atoms with Crippen molar-refractivity contribution in [3.63, 3.8) is 0 Å². The molecule has 1 aliphatic carbocycles. The maximum absolute atomic E-state index is 2.38. The summed E-state index contributed by atoms with van der Waals surface area (Å²) < 4.78 is 0. The van der Waals surface area contributed by atoms with Crippen molar-refractivity contribution in [2.75, 3.05) is 0 Å². The second-order valence-electron chi connectivity index (χ2n) is 3.24. The van der Waals surface area contributed by atoms with E-state index in [9.17, 15) is 0 Å². The first kappa shape index (κ1) is 6.12. The molecule has 0 spiro atoms. The lowest BCUT2D eigenvalue weighted by Crippen LogP contribution is -2.12. The Bertz CT molecular complexity index is 61.0. The average molecular weight is 114 g/mol. The molecule has 0 bridgehead atoms. The summed E-state index contributed by atoms with van der Waals surface area (Å²) in [5.74, 6) is 2.01. The van der Waals surface area contributed by atoms with Crippen LogP contribution in [0.3, 0.4) is 0 Å². The maximum atomic E-state index is 2.38. The molecule has 0 amide bonds. The van der Waals surface area contributed by atoms with E-state index in [2.05, 4.69) is 13.8 Å². The molecule has 0 nitrogen and oxygen atoms in total. The van der Waals surface area contributed by atoms with Gasteiger partial charge in [0.25, 0.3) is 0 Å². The molecular weight excluding hydrogens is 96.1 g/mol. The molecule has 1 fully saturated rings. The van der Waals surface area contributed by atoms with Crippen molar-refractivity contribution in [3.05, 3.63) is 0 Å². The van der Waals surface area contributed by atoms with Crippen molar-refractivity contribution < 1.29 is 1.43 Å². The van der Waals surface area contributed by atoms with Crippen molar-refractivity contribution >= 4 is 0 Å². The summed E-state index contributed by atoms with van der Waals surface area (Å²) in [7, 11) is 0. The lowest BCUT2D eigenvalue weighted by atomic mass is 9.82. The quantitative estimate of drug-likeness (QED) is 0.454. The van der Waals surface area contributed by atoms with Crippen LogP contribution in [0, 0.1) is 11.8 Å². The van der Waals surface area contributed by atoms with Gasteiger partial charge in [-0.2, -0.15) is 0 Å². The molecule has 8 heavy (non-hydrogen) atoms. The first-order chi connectivity index (χ1) is 3.80. The largest absolute Gasteiger partial charge is 0.0623 e. The Hall–Kier alpha value is 0. The highest BCUT2D eigenvalue weighted by atomic mass is 14.2. The third kappa shape index (κ3) is 1.24. The minimum atomic E-state index is 0. The van der Waals surface area contributed by atoms with Crippen LogP contribution in [-0.2, 0) is 0 Å². The molecule has 2 unspecified atom stereocenters. The lowest BCUT2D eigenvalue weighted by molar-refractivity contribution is 0.277. The number of hydrogen-bond acceptors (Lipinski definition) is 0. The molecule has 0 heterocycles. The SMILES string of the molecule is CC1CCCCC1C.[HH]. The fourth-order valence-electron chi connectivity index (χ4n) is 1.50. The highest BCUT2D eigenvalue weighted by Gasteiger charge is 2.15. The molecule has 0 aromatic heterocycles. The topological polar surface area (TPSA) is 0 Å². The van der Waals surface area contributed by atoms with Crippen LogP contribution in [0.1, 0.15) is 41.0 Å². The molecule has 1 aliphatic rings. The van der Waals surface area contributed by atoms with Gasteiger partial charge in [0.15, 0.2) is 0 Å². The third-order valence-corrected chi connectivity index (χ3v) is 2.54. The van der Waals surface area contributed by atoms with Gasteiger partial charge < -0.3 is 0 Å². The summed E-state index contributed by atoms with van der Waals surface area (Å²) in [6.45, 7) is 4.76. The Labute approximate surface area is 53.8 Å². The van der Waals surface area contributed by atoms with Gasteiger partial charge in [-0.25, -0.2) is 0 Å². The van der Waals surface area contributed by atoms with Crippen molar-refractivity contribution in [1.29, 1.82) is 0 Å². The molecule has 1 rings (SSSR count). The van der Waals surface area contributed by atoms with Crippen LogP contribution >= 0.6 is 0 Å². The molecule has 0 radical (unpaired) electrons. The second kappa shape index (κ2) is 2.52. The van der Waals surface area contributed by atoms with Gasteiger partial charge in [0.2, 0.25) is 0 Å². The predicted molar refractivity (Wildman–Crippen MR) is 38.9 cm³/mol. The zero-order valence-electron chi connectivity index (χ0n) is 5.98. The van der Waals surface area contributed by atoms with Gasteiger partial charge in [-0.15, -0.1) is 0 Å². The van der Waals surface area contributed by atoms with E-state index in [1.807, 2.05) is 0 Å². The minimum Gasteiger partial charge on any atom is -0.0623 e. The van der Waals surface area contributed by atoms with Crippen LogP contribution < -0.4 is 0 Å². The molecule has 0 heteroatoms. The standard InChI is InChI=1S/C8H16.H2/c1-7-5-3-4-6-8(7)2;/h7-8H,3-6H2,1-2H3;1H. The maximum Gasteiger partial charge on any atom is 0 e. The first-order valence-electron chi connectivity index (χ1n) is 3.80. The van der Waals surface area contributed by atoms with E-state index in [4.69, 9.17) is 0 Å². The van der Waals surface area contributed by atoms with Gasteiger partial charge in [0, 0.05) is 1.43 Å². The summed E-state index contributed by atoms with van der Waals surface area (Å²) in [5.41, 5.74) is 0. The molecular formula is C8H18. The van der Waals surface area contributed by atoms with Gasteiger partial charge in [-0.1, -0.05) is 39.5 Å². The minimum absolute atomic E-state index is 0. The Kier molecular flexibility index (Phi) is 1.93. The predicted octanol–water partition coefficient (Wildman–Crippen LogP) is 3.08. The summed E-state index contributed by atoms with van der Waals surface area (Å²) in [6.07, 6.45) is 5.90. The van der Waals surface area contributed by atoms with E-state index in [1.54, 1.807) is 0 Å². The number of rotatable bonds is 0. The zero-order valence-corrected chi connectivity index (χ0v) is 5.98. The fraction of sp³-hybridized carbons (Fsp3) is 1.00. The van der Waals surface area contributed by atoms with E-state index in [1.165, 1.54) is 25.7 Å². The average Bonchev–Trinajstić information content (AvgIpc) is 1.77. The van der Waals surface area contributed by atoms with Crippen LogP contribution in [0.15, 0.2) is 0 Å². The van der Waals surface area contributed by atoms with E-state index in [-0.39, 0.29) is 1.43 Å². The van der Waals surface area contributed by atoms with E-state index >= 15 is 0 Å². The van der Waals surface area contributed by atoms with Gasteiger partial charge in [0.05, 0.1) is 0 Å². The van der Waals surface area contributed by atoms with E-state index in [0.717, 1.165) is 11.8 Å². The van der Waals surface area contributed by atoms with Crippen molar-refractivity contribution in [3.8, 4) is 0 Å². The Morgan fingerprint density at radius 3 is 1.62 bits per heavy atom. The van der Waals surface area contributed by atoms with E-state index in [0.29, 0.717) is 0 Å². The van der Waals surface area contributed by atoms with E-state index < -0.39 is 0 Å². The van der Waals surface area contributed by atoms with Crippen LogP contribution in [0.2, 0.25) is 0 Å². The summed E-state index contributed by atoms with van der Waals surface area (Å²) in [4.78, 5) is 0. The molecule has 0 aromatic rings. The first-order valence-corrected chi connectivity index (χ1v) is 3.80. The summed E-state index contributed by atoms with van der Waals surface area (Å²) >= 11 is 0. The molecule has 50 valence electrons.